The summed E-state index contributed by atoms with van der Waals surface area (Å²) in [6.07, 6.45) is 2.46. The first-order valence-corrected chi connectivity index (χ1v) is 5.38. The molecule has 0 spiro atoms. The van der Waals surface area contributed by atoms with Crippen molar-refractivity contribution in [1.29, 1.82) is 0 Å². The lowest BCUT2D eigenvalue weighted by Crippen LogP contribution is -1.95. The molecule has 12 heavy (non-hydrogen) atoms. The zero-order chi connectivity index (χ0) is 8.81. The zero-order valence-electron chi connectivity index (χ0n) is 6.75. The maximum atomic E-state index is 11.3. The summed E-state index contributed by atoms with van der Waals surface area (Å²) in [6, 6.07) is 3.77. The molecule has 0 aliphatic rings. The minimum Gasteiger partial charge on any atom is -0.293 e. The molecule has 0 radical (unpaired) electrons. The van der Waals surface area contributed by atoms with Crippen molar-refractivity contribution in [2.24, 2.45) is 0 Å². The van der Waals surface area contributed by atoms with Crippen molar-refractivity contribution in [2.75, 3.05) is 5.88 Å². The van der Waals surface area contributed by atoms with E-state index in [0.717, 1.165) is 17.7 Å². The van der Waals surface area contributed by atoms with Crippen LogP contribution in [-0.4, -0.2) is 11.7 Å². The van der Waals surface area contributed by atoms with Gasteiger partial charge in [-0.2, -0.15) is 0 Å². The molecule has 0 N–H and O–H groups in total. The third kappa shape index (κ3) is 2.95. The zero-order valence-corrected chi connectivity index (χ0v) is 8.33. The summed E-state index contributed by atoms with van der Waals surface area (Å²) < 4.78 is 0. The summed E-state index contributed by atoms with van der Waals surface area (Å²) in [5.41, 5.74) is 0. The highest BCUT2D eigenvalue weighted by Crippen LogP contribution is 2.12. The normalized spacial score (nSPS) is 10.1. The molecule has 0 aromatic carbocycles. The molecule has 0 saturated heterocycles. The van der Waals surface area contributed by atoms with Gasteiger partial charge >= 0.3 is 0 Å². The SMILES string of the molecule is O=C(CCCCCl)c1cccs1. The minimum atomic E-state index is 0.245. The molecule has 0 unspecified atom stereocenters. The van der Waals surface area contributed by atoms with Crippen LogP contribution in [0.5, 0.6) is 0 Å². The Morgan fingerprint density at radius 3 is 2.92 bits per heavy atom. The van der Waals surface area contributed by atoms with Crippen molar-refractivity contribution in [3.8, 4) is 0 Å². The number of hydrogen-bond acceptors (Lipinski definition) is 2. The lowest BCUT2D eigenvalue weighted by Gasteiger charge is -1.95. The maximum Gasteiger partial charge on any atom is 0.172 e. The first-order chi connectivity index (χ1) is 5.84. The monoisotopic (exact) mass is 202 g/mol. The van der Waals surface area contributed by atoms with Crippen molar-refractivity contribution >= 4 is 28.7 Å². The van der Waals surface area contributed by atoms with Crippen LogP contribution in [0.1, 0.15) is 28.9 Å². The van der Waals surface area contributed by atoms with Crippen molar-refractivity contribution < 1.29 is 4.79 Å². The molecular formula is C9H11ClOS. The lowest BCUT2D eigenvalue weighted by molar-refractivity contribution is 0.0984. The molecule has 1 rings (SSSR count). The van der Waals surface area contributed by atoms with Gasteiger partial charge in [-0.1, -0.05) is 6.07 Å². The van der Waals surface area contributed by atoms with E-state index in [0.29, 0.717) is 12.3 Å². The quantitative estimate of drug-likeness (QED) is 0.407. The second-order valence-electron chi connectivity index (χ2n) is 2.55. The van der Waals surface area contributed by atoms with Crippen LogP contribution in [0, 0.1) is 0 Å². The molecule has 0 fully saturated rings. The van der Waals surface area contributed by atoms with Gasteiger partial charge in [-0.25, -0.2) is 0 Å². The van der Waals surface area contributed by atoms with Crippen LogP contribution in [0.2, 0.25) is 0 Å². The van der Waals surface area contributed by atoms with Gasteiger partial charge in [0.05, 0.1) is 4.88 Å². The van der Waals surface area contributed by atoms with Crippen LogP contribution in [0.15, 0.2) is 17.5 Å². The number of Topliss-reactive ketones (excluding diaryl/α,β-unsaturated/α-hetero) is 1. The van der Waals surface area contributed by atoms with Crippen LogP contribution in [0.4, 0.5) is 0 Å². The van der Waals surface area contributed by atoms with Crippen LogP contribution < -0.4 is 0 Å². The predicted octanol–water partition coefficient (Wildman–Crippen LogP) is 3.34. The Kier molecular flexibility index (Phi) is 4.33. The van der Waals surface area contributed by atoms with E-state index in [1.54, 1.807) is 0 Å². The number of alkyl halides is 1. The predicted molar refractivity (Wildman–Crippen MR) is 53.2 cm³/mol. The lowest BCUT2D eigenvalue weighted by atomic mass is 10.1. The number of rotatable bonds is 5. The summed E-state index contributed by atoms with van der Waals surface area (Å²) in [4.78, 5) is 12.2. The van der Waals surface area contributed by atoms with Gasteiger partial charge < -0.3 is 0 Å². The fraction of sp³-hybridized carbons (Fsp3) is 0.444. The number of unbranched alkanes of at least 4 members (excludes halogenated alkanes) is 1. The second kappa shape index (κ2) is 5.33. The summed E-state index contributed by atoms with van der Waals surface area (Å²) in [5.74, 6) is 0.896. The van der Waals surface area contributed by atoms with Gasteiger partial charge in [-0.15, -0.1) is 22.9 Å². The highest BCUT2D eigenvalue weighted by molar-refractivity contribution is 7.12. The third-order valence-corrected chi connectivity index (χ3v) is 2.76. The first kappa shape index (κ1) is 9.75. The van der Waals surface area contributed by atoms with E-state index in [1.807, 2.05) is 17.5 Å². The van der Waals surface area contributed by atoms with Crippen molar-refractivity contribution in [2.45, 2.75) is 19.3 Å². The first-order valence-electron chi connectivity index (χ1n) is 3.97. The summed E-state index contributed by atoms with van der Waals surface area (Å²) >= 11 is 7.01. The third-order valence-electron chi connectivity index (χ3n) is 1.58. The summed E-state index contributed by atoms with van der Waals surface area (Å²) in [7, 11) is 0. The Morgan fingerprint density at radius 2 is 2.33 bits per heavy atom. The van der Waals surface area contributed by atoms with E-state index in [4.69, 9.17) is 11.6 Å². The highest BCUT2D eigenvalue weighted by Gasteiger charge is 2.04. The van der Waals surface area contributed by atoms with E-state index in [2.05, 4.69) is 0 Å². The molecule has 0 atom stereocenters. The summed E-state index contributed by atoms with van der Waals surface area (Å²) in [5, 5.41) is 1.93. The number of carbonyl (C=O) groups is 1. The van der Waals surface area contributed by atoms with E-state index in [9.17, 15) is 4.79 Å². The smallest absolute Gasteiger partial charge is 0.172 e. The second-order valence-corrected chi connectivity index (χ2v) is 3.87. The standard InChI is InChI=1S/C9H11ClOS/c10-6-2-1-4-8(11)9-5-3-7-12-9/h3,5,7H,1-2,4,6H2. The van der Waals surface area contributed by atoms with E-state index in [-0.39, 0.29) is 5.78 Å². The topological polar surface area (TPSA) is 17.1 Å². The Hall–Kier alpha value is -0.340. The van der Waals surface area contributed by atoms with Crippen molar-refractivity contribution in [3.63, 3.8) is 0 Å². The molecule has 1 nitrogen and oxygen atoms in total. The Morgan fingerprint density at radius 1 is 1.50 bits per heavy atom. The molecule has 1 aromatic rings. The fourth-order valence-electron chi connectivity index (χ4n) is 0.940. The number of ketones is 1. The van der Waals surface area contributed by atoms with E-state index < -0.39 is 0 Å². The van der Waals surface area contributed by atoms with E-state index >= 15 is 0 Å². The van der Waals surface area contributed by atoms with Crippen LogP contribution in [-0.2, 0) is 0 Å². The molecule has 1 heterocycles. The highest BCUT2D eigenvalue weighted by atomic mass is 35.5. The fourth-order valence-corrected chi connectivity index (χ4v) is 1.82. The maximum absolute atomic E-state index is 11.3. The number of halogens is 1. The van der Waals surface area contributed by atoms with Gasteiger partial charge in [0.2, 0.25) is 0 Å². The Labute approximate surface area is 81.4 Å². The van der Waals surface area contributed by atoms with E-state index in [1.165, 1.54) is 11.3 Å². The van der Waals surface area contributed by atoms with Crippen molar-refractivity contribution in [3.05, 3.63) is 22.4 Å². The van der Waals surface area contributed by atoms with Gasteiger partial charge in [0.1, 0.15) is 0 Å². The molecule has 0 saturated carbocycles. The summed E-state index contributed by atoms with van der Waals surface area (Å²) in [6.45, 7) is 0. The molecule has 66 valence electrons. The number of hydrogen-bond donors (Lipinski definition) is 0. The average Bonchev–Trinajstić information content (AvgIpc) is 2.56. The minimum absolute atomic E-state index is 0.245. The molecule has 1 aromatic heterocycles. The van der Waals surface area contributed by atoms with Crippen LogP contribution in [0.25, 0.3) is 0 Å². The molecule has 3 heteroatoms. The average molecular weight is 203 g/mol. The van der Waals surface area contributed by atoms with Crippen LogP contribution in [0.3, 0.4) is 0 Å². The van der Waals surface area contributed by atoms with Gasteiger partial charge in [0.25, 0.3) is 0 Å². The molecule has 0 amide bonds. The van der Waals surface area contributed by atoms with Crippen molar-refractivity contribution in [1.82, 2.24) is 0 Å². The number of thiophene rings is 1. The molecule has 0 aliphatic carbocycles. The molecule has 0 aliphatic heterocycles. The van der Waals surface area contributed by atoms with Gasteiger partial charge in [-0.3, -0.25) is 4.79 Å². The van der Waals surface area contributed by atoms with Gasteiger partial charge in [-0.05, 0) is 24.3 Å². The Bertz CT molecular complexity index is 231. The van der Waals surface area contributed by atoms with Gasteiger partial charge in [0, 0.05) is 12.3 Å². The number of carbonyl (C=O) groups excluding carboxylic acids is 1. The Balaban J connectivity index is 2.30. The largest absolute Gasteiger partial charge is 0.293 e. The van der Waals surface area contributed by atoms with Gasteiger partial charge in [0.15, 0.2) is 5.78 Å². The molecule has 0 bridgehead atoms. The van der Waals surface area contributed by atoms with Crippen LogP contribution >= 0.6 is 22.9 Å². The molecular weight excluding hydrogens is 192 g/mol.